The van der Waals surface area contributed by atoms with Crippen molar-refractivity contribution >= 4 is 0 Å². The van der Waals surface area contributed by atoms with Crippen LogP contribution in [0.4, 0.5) is 0 Å². The second-order valence-electron chi connectivity index (χ2n) is 4.44. The lowest BCUT2D eigenvalue weighted by atomic mass is 10.0. The lowest BCUT2D eigenvalue weighted by Crippen LogP contribution is -2.30. The molecule has 1 aromatic rings. The van der Waals surface area contributed by atoms with Crippen LogP contribution in [0, 0.1) is 0 Å². The van der Waals surface area contributed by atoms with Gasteiger partial charge in [0.15, 0.2) is 0 Å². The van der Waals surface area contributed by atoms with Gasteiger partial charge in [0.2, 0.25) is 0 Å². The molecule has 2 N–H and O–H groups in total. The molecule has 0 aliphatic heterocycles. The van der Waals surface area contributed by atoms with Gasteiger partial charge >= 0.3 is 0 Å². The molecule has 0 saturated carbocycles. The molecule has 0 amide bonds. The predicted molar refractivity (Wildman–Crippen MR) is 76.6 cm³/mol. The van der Waals surface area contributed by atoms with Crippen molar-refractivity contribution in [1.82, 2.24) is 4.90 Å². The molecular weight excluding hydrogens is 224 g/mol. The predicted octanol–water partition coefficient (Wildman–Crippen LogP) is 2.43. The van der Waals surface area contributed by atoms with Gasteiger partial charge in [0.05, 0.1) is 6.61 Å². The quantitative estimate of drug-likeness (QED) is 0.684. The van der Waals surface area contributed by atoms with Crippen molar-refractivity contribution in [2.45, 2.75) is 26.3 Å². The van der Waals surface area contributed by atoms with E-state index in [-0.39, 0.29) is 6.04 Å². The number of ether oxygens (including phenoxy) is 1. The van der Waals surface area contributed by atoms with Gasteiger partial charge in [0.25, 0.3) is 0 Å². The summed E-state index contributed by atoms with van der Waals surface area (Å²) in [7, 11) is 0. The lowest BCUT2D eigenvalue weighted by Gasteiger charge is -2.22. The molecule has 0 radical (unpaired) electrons. The first-order valence-electron chi connectivity index (χ1n) is 6.88. The Balaban J connectivity index is 2.29. The fourth-order valence-corrected chi connectivity index (χ4v) is 1.95. The Bertz CT molecular complexity index is 303. The van der Waals surface area contributed by atoms with Crippen LogP contribution < -0.4 is 5.73 Å². The molecule has 0 fully saturated rings. The van der Waals surface area contributed by atoms with Crippen molar-refractivity contribution in [3.05, 3.63) is 35.9 Å². The number of likely N-dealkylation sites (N-methyl/N-ethyl adjacent to an activating group) is 1. The molecule has 18 heavy (non-hydrogen) atoms. The Labute approximate surface area is 111 Å². The molecule has 0 aliphatic rings. The van der Waals surface area contributed by atoms with Gasteiger partial charge in [-0.1, -0.05) is 37.3 Å². The first kappa shape index (κ1) is 15.2. The molecular formula is C15H26N2O. The Hall–Kier alpha value is -0.900. The van der Waals surface area contributed by atoms with Crippen molar-refractivity contribution in [2.75, 3.05) is 32.8 Å². The van der Waals surface area contributed by atoms with Gasteiger partial charge in [-0.25, -0.2) is 0 Å². The van der Waals surface area contributed by atoms with E-state index in [1.807, 2.05) is 25.1 Å². The summed E-state index contributed by atoms with van der Waals surface area (Å²) in [5, 5.41) is 0. The Kier molecular flexibility index (Phi) is 7.65. The van der Waals surface area contributed by atoms with E-state index in [2.05, 4.69) is 24.0 Å². The van der Waals surface area contributed by atoms with Crippen LogP contribution in [0.25, 0.3) is 0 Å². The van der Waals surface area contributed by atoms with E-state index in [1.54, 1.807) is 0 Å². The van der Waals surface area contributed by atoms with E-state index in [1.165, 1.54) is 5.56 Å². The van der Waals surface area contributed by atoms with Crippen molar-refractivity contribution in [1.29, 1.82) is 0 Å². The number of nitrogens with zero attached hydrogens (tertiary/aromatic N) is 1. The molecule has 3 heteroatoms. The van der Waals surface area contributed by atoms with E-state index in [0.29, 0.717) is 0 Å². The number of nitrogens with two attached hydrogens (primary N) is 1. The summed E-state index contributed by atoms with van der Waals surface area (Å²) in [5.41, 5.74) is 7.42. The fourth-order valence-electron chi connectivity index (χ4n) is 1.95. The van der Waals surface area contributed by atoms with Crippen LogP contribution in [0.2, 0.25) is 0 Å². The minimum absolute atomic E-state index is 0.132. The molecule has 1 unspecified atom stereocenters. The summed E-state index contributed by atoms with van der Waals surface area (Å²) in [6.07, 6.45) is 0.990. The Morgan fingerprint density at radius 3 is 2.50 bits per heavy atom. The van der Waals surface area contributed by atoms with E-state index in [4.69, 9.17) is 10.5 Å². The summed E-state index contributed by atoms with van der Waals surface area (Å²) >= 11 is 0. The maximum atomic E-state index is 6.19. The smallest absolute Gasteiger partial charge is 0.0593 e. The largest absolute Gasteiger partial charge is 0.380 e. The summed E-state index contributed by atoms with van der Waals surface area (Å²) in [4.78, 5) is 2.39. The molecule has 1 aromatic carbocycles. The van der Waals surface area contributed by atoms with Gasteiger partial charge in [-0.3, -0.25) is 0 Å². The summed E-state index contributed by atoms with van der Waals surface area (Å²) < 4.78 is 5.38. The summed E-state index contributed by atoms with van der Waals surface area (Å²) in [5.74, 6) is 0. The highest BCUT2D eigenvalue weighted by molar-refractivity contribution is 5.18. The van der Waals surface area contributed by atoms with Gasteiger partial charge in [0, 0.05) is 25.7 Å². The third kappa shape index (κ3) is 5.63. The van der Waals surface area contributed by atoms with Crippen molar-refractivity contribution in [3.63, 3.8) is 0 Å². The van der Waals surface area contributed by atoms with Crippen LogP contribution >= 0.6 is 0 Å². The van der Waals surface area contributed by atoms with Crippen LogP contribution in [-0.4, -0.2) is 37.7 Å². The zero-order chi connectivity index (χ0) is 13.2. The van der Waals surface area contributed by atoms with E-state index >= 15 is 0 Å². The molecule has 0 saturated heterocycles. The number of hydrogen-bond donors (Lipinski definition) is 1. The molecule has 0 heterocycles. The van der Waals surface area contributed by atoms with Crippen LogP contribution in [0.5, 0.6) is 0 Å². The third-order valence-corrected chi connectivity index (χ3v) is 3.19. The molecule has 102 valence electrons. The lowest BCUT2D eigenvalue weighted by molar-refractivity contribution is 0.114. The Morgan fingerprint density at radius 2 is 1.89 bits per heavy atom. The second-order valence-corrected chi connectivity index (χ2v) is 4.44. The molecule has 0 bridgehead atoms. The van der Waals surface area contributed by atoms with Gasteiger partial charge in [-0.05, 0) is 25.5 Å². The average molecular weight is 250 g/mol. The van der Waals surface area contributed by atoms with E-state index in [9.17, 15) is 0 Å². The SMILES string of the molecule is CCOCCN(CC)CCC(N)c1ccccc1. The first-order valence-corrected chi connectivity index (χ1v) is 6.88. The van der Waals surface area contributed by atoms with Crippen LogP contribution in [0.3, 0.4) is 0 Å². The summed E-state index contributed by atoms with van der Waals surface area (Å²) in [6.45, 7) is 8.88. The molecule has 0 aromatic heterocycles. The van der Waals surface area contributed by atoms with Gasteiger partial charge in [-0.2, -0.15) is 0 Å². The maximum Gasteiger partial charge on any atom is 0.0593 e. The fraction of sp³-hybridized carbons (Fsp3) is 0.600. The number of rotatable bonds is 9. The molecule has 0 spiro atoms. The normalized spacial score (nSPS) is 12.9. The van der Waals surface area contributed by atoms with Crippen LogP contribution in [0.15, 0.2) is 30.3 Å². The molecule has 3 nitrogen and oxygen atoms in total. The highest BCUT2D eigenvalue weighted by Gasteiger charge is 2.08. The van der Waals surface area contributed by atoms with Crippen molar-refractivity contribution < 1.29 is 4.74 Å². The second kappa shape index (κ2) is 9.09. The standard InChI is InChI=1S/C15H26N2O/c1-3-17(12-13-18-4-2)11-10-15(16)14-8-6-5-7-9-14/h5-9,15H,3-4,10-13,16H2,1-2H3. The summed E-state index contributed by atoms with van der Waals surface area (Å²) in [6, 6.07) is 10.4. The Morgan fingerprint density at radius 1 is 1.17 bits per heavy atom. The minimum atomic E-state index is 0.132. The van der Waals surface area contributed by atoms with Gasteiger partial charge in [0.1, 0.15) is 0 Å². The average Bonchev–Trinajstić information content (AvgIpc) is 2.43. The third-order valence-electron chi connectivity index (χ3n) is 3.19. The zero-order valence-corrected chi connectivity index (χ0v) is 11.6. The van der Waals surface area contributed by atoms with Crippen molar-refractivity contribution in [2.24, 2.45) is 5.73 Å². The molecule has 1 atom stereocenters. The number of hydrogen-bond acceptors (Lipinski definition) is 3. The molecule has 1 rings (SSSR count). The minimum Gasteiger partial charge on any atom is -0.380 e. The van der Waals surface area contributed by atoms with Gasteiger partial charge < -0.3 is 15.4 Å². The molecule has 0 aliphatic carbocycles. The van der Waals surface area contributed by atoms with Crippen LogP contribution in [0.1, 0.15) is 31.9 Å². The number of benzene rings is 1. The zero-order valence-electron chi connectivity index (χ0n) is 11.6. The topological polar surface area (TPSA) is 38.5 Å². The van der Waals surface area contributed by atoms with E-state index < -0.39 is 0 Å². The highest BCUT2D eigenvalue weighted by atomic mass is 16.5. The van der Waals surface area contributed by atoms with Gasteiger partial charge in [-0.15, -0.1) is 0 Å². The van der Waals surface area contributed by atoms with E-state index in [0.717, 1.165) is 39.3 Å². The maximum absolute atomic E-state index is 6.19. The van der Waals surface area contributed by atoms with Crippen LogP contribution in [-0.2, 0) is 4.74 Å². The van der Waals surface area contributed by atoms with Crippen molar-refractivity contribution in [3.8, 4) is 0 Å². The first-order chi connectivity index (χ1) is 8.77. The monoisotopic (exact) mass is 250 g/mol. The highest BCUT2D eigenvalue weighted by Crippen LogP contribution is 2.13.